The van der Waals surface area contributed by atoms with Crippen molar-refractivity contribution in [3.05, 3.63) is 0 Å². The third kappa shape index (κ3) is 3.21. The summed E-state index contributed by atoms with van der Waals surface area (Å²) in [4.78, 5) is 11.8. The van der Waals surface area contributed by atoms with Crippen LogP contribution >= 0.6 is 0 Å². The Morgan fingerprint density at radius 3 is 2.72 bits per heavy atom. The number of esters is 1. The molecule has 1 heterocycles. The number of carbonyl (C=O) groups excluding carboxylic acids is 1. The smallest absolute Gasteiger partial charge is 0.310 e. The summed E-state index contributed by atoms with van der Waals surface area (Å²) in [5.41, 5.74) is 5.29. The molecular formula is C11H22N2O4S. The first-order chi connectivity index (χ1) is 8.47. The van der Waals surface area contributed by atoms with E-state index in [0.717, 1.165) is 12.8 Å². The van der Waals surface area contributed by atoms with Crippen molar-refractivity contribution in [1.29, 1.82) is 0 Å². The molecule has 0 aromatic heterocycles. The molecule has 1 fully saturated rings. The van der Waals surface area contributed by atoms with E-state index in [9.17, 15) is 13.2 Å². The van der Waals surface area contributed by atoms with Gasteiger partial charge in [0.15, 0.2) is 0 Å². The van der Waals surface area contributed by atoms with Gasteiger partial charge >= 0.3 is 5.97 Å². The zero-order chi connectivity index (χ0) is 13.8. The molecule has 2 N–H and O–H groups in total. The highest BCUT2D eigenvalue weighted by molar-refractivity contribution is 7.89. The van der Waals surface area contributed by atoms with Crippen LogP contribution in [0.15, 0.2) is 0 Å². The molecule has 2 atom stereocenters. The quantitative estimate of drug-likeness (QED) is 0.705. The molecule has 6 nitrogen and oxygen atoms in total. The van der Waals surface area contributed by atoms with E-state index in [1.807, 2.05) is 6.92 Å². The van der Waals surface area contributed by atoms with E-state index in [0.29, 0.717) is 19.4 Å². The highest BCUT2D eigenvalue weighted by atomic mass is 32.2. The number of rotatable bonds is 6. The van der Waals surface area contributed by atoms with Crippen LogP contribution in [-0.2, 0) is 19.6 Å². The fourth-order valence-electron chi connectivity index (χ4n) is 2.54. The summed E-state index contributed by atoms with van der Waals surface area (Å²) < 4.78 is 29.9. The monoisotopic (exact) mass is 278 g/mol. The van der Waals surface area contributed by atoms with Gasteiger partial charge in [0.2, 0.25) is 10.0 Å². The second kappa shape index (κ2) is 6.49. The van der Waals surface area contributed by atoms with Gasteiger partial charge in [-0.15, -0.1) is 0 Å². The molecule has 0 aliphatic carbocycles. The maximum Gasteiger partial charge on any atom is 0.310 e. The Morgan fingerprint density at radius 1 is 1.56 bits per heavy atom. The Labute approximate surface area is 109 Å². The van der Waals surface area contributed by atoms with Crippen LogP contribution in [0.5, 0.6) is 0 Å². The predicted molar refractivity (Wildman–Crippen MR) is 68.1 cm³/mol. The van der Waals surface area contributed by atoms with Gasteiger partial charge in [-0.25, -0.2) is 8.42 Å². The first kappa shape index (κ1) is 15.4. The third-order valence-corrected chi connectivity index (χ3v) is 4.97. The fraction of sp³-hybridized carbons (Fsp3) is 0.909. The Balaban J connectivity index is 2.93. The maximum atomic E-state index is 11.9. The van der Waals surface area contributed by atoms with Gasteiger partial charge in [-0.1, -0.05) is 13.3 Å². The van der Waals surface area contributed by atoms with Crippen molar-refractivity contribution in [1.82, 2.24) is 4.31 Å². The molecule has 0 bridgehead atoms. The molecule has 1 aliphatic rings. The predicted octanol–water partition coefficient (Wildman–Crippen LogP) is 0.286. The van der Waals surface area contributed by atoms with Crippen molar-refractivity contribution < 1.29 is 17.9 Å². The summed E-state index contributed by atoms with van der Waals surface area (Å²) in [5.74, 6) is -1.13. The van der Waals surface area contributed by atoms with Crippen molar-refractivity contribution in [2.75, 3.05) is 19.5 Å². The standard InChI is InChI=1S/C11H22N2O4S/c1-3-5-9(11(14)17-2)10-6-4-7-13(10)18(15,16)8-12/h9-10H,3-8,12H2,1-2H3. The van der Waals surface area contributed by atoms with Crippen molar-refractivity contribution in [3.63, 3.8) is 0 Å². The Bertz CT molecular complexity index is 383. The molecule has 18 heavy (non-hydrogen) atoms. The molecule has 0 saturated carbocycles. The maximum absolute atomic E-state index is 11.9. The second-order valence-electron chi connectivity index (χ2n) is 4.52. The van der Waals surface area contributed by atoms with Crippen molar-refractivity contribution >= 4 is 16.0 Å². The molecule has 0 aromatic carbocycles. The molecule has 1 rings (SSSR count). The highest BCUT2D eigenvalue weighted by Crippen LogP contribution is 2.30. The molecule has 0 amide bonds. The molecule has 0 spiro atoms. The Hall–Kier alpha value is -0.660. The number of carbonyl (C=O) groups is 1. The van der Waals surface area contributed by atoms with Gasteiger partial charge in [0.25, 0.3) is 0 Å². The zero-order valence-electron chi connectivity index (χ0n) is 11.0. The molecule has 7 heteroatoms. The Kier molecular flexibility index (Phi) is 5.55. The molecule has 0 aromatic rings. The zero-order valence-corrected chi connectivity index (χ0v) is 11.8. The van der Waals surface area contributed by atoms with Gasteiger partial charge in [-0.2, -0.15) is 4.31 Å². The van der Waals surface area contributed by atoms with Crippen LogP contribution in [0.3, 0.4) is 0 Å². The number of nitrogens with two attached hydrogens (primary N) is 1. The summed E-state index contributed by atoms with van der Waals surface area (Å²) in [6, 6.07) is -0.300. The van der Waals surface area contributed by atoms with Crippen LogP contribution < -0.4 is 5.73 Å². The van der Waals surface area contributed by atoms with Gasteiger partial charge in [-0.05, 0) is 19.3 Å². The average Bonchev–Trinajstić information content (AvgIpc) is 2.84. The Morgan fingerprint density at radius 2 is 2.22 bits per heavy atom. The topological polar surface area (TPSA) is 89.7 Å². The lowest BCUT2D eigenvalue weighted by Crippen LogP contribution is -2.45. The van der Waals surface area contributed by atoms with Crippen LogP contribution in [0, 0.1) is 5.92 Å². The largest absolute Gasteiger partial charge is 0.469 e. The molecule has 1 aliphatic heterocycles. The van der Waals surface area contributed by atoms with E-state index in [-0.39, 0.29) is 17.9 Å². The van der Waals surface area contributed by atoms with E-state index >= 15 is 0 Å². The number of hydrogen-bond acceptors (Lipinski definition) is 5. The lowest BCUT2D eigenvalue weighted by Gasteiger charge is -2.28. The number of hydrogen-bond donors (Lipinski definition) is 1. The summed E-state index contributed by atoms with van der Waals surface area (Å²) in [6.45, 7) is 2.41. The third-order valence-electron chi connectivity index (χ3n) is 3.38. The number of sulfonamides is 1. The highest BCUT2D eigenvalue weighted by Gasteiger charge is 2.41. The van der Waals surface area contributed by atoms with E-state index in [1.54, 1.807) is 0 Å². The summed E-state index contributed by atoms with van der Waals surface area (Å²) >= 11 is 0. The average molecular weight is 278 g/mol. The van der Waals surface area contributed by atoms with Crippen molar-refractivity contribution in [2.45, 2.75) is 38.6 Å². The molecule has 0 radical (unpaired) electrons. The van der Waals surface area contributed by atoms with Gasteiger partial charge in [0.05, 0.1) is 13.0 Å². The van der Waals surface area contributed by atoms with Crippen LogP contribution in [0.4, 0.5) is 0 Å². The number of nitrogens with zero attached hydrogens (tertiary/aromatic N) is 1. The summed E-state index contributed by atoms with van der Waals surface area (Å²) in [7, 11) is -2.11. The number of methoxy groups -OCH3 is 1. The van der Waals surface area contributed by atoms with Gasteiger partial charge < -0.3 is 10.5 Å². The van der Waals surface area contributed by atoms with Crippen LogP contribution in [0.25, 0.3) is 0 Å². The number of ether oxygens (including phenoxy) is 1. The van der Waals surface area contributed by atoms with Crippen molar-refractivity contribution in [2.24, 2.45) is 11.7 Å². The molecular weight excluding hydrogens is 256 g/mol. The van der Waals surface area contributed by atoms with Crippen LogP contribution in [-0.4, -0.2) is 44.3 Å². The van der Waals surface area contributed by atoms with E-state index in [4.69, 9.17) is 10.5 Å². The molecule has 2 unspecified atom stereocenters. The van der Waals surface area contributed by atoms with E-state index in [1.165, 1.54) is 11.4 Å². The minimum absolute atomic E-state index is 0.300. The van der Waals surface area contributed by atoms with E-state index in [2.05, 4.69) is 0 Å². The minimum Gasteiger partial charge on any atom is -0.469 e. The molecule has 106 valence electrons. The first-order valence-electron chi connectivity index (χ1n) is 6.25. The van der Waals surface area contributed by atoms with Crippen molar-refractivity contribution in [3.8, 4) is 0 Å². The first-order valence-corrected chi connectivity index (χ1v) is 7.86. The lowest BCUT2D eigenvalue weighted by molar-refractivity contribution is -0.147. The lowest BCUT2D eigenvalue weighted by atomic mass is 9.94. The van der Waals surface area contributed by atoms with Gasteiger partial charge in [-0.3, -0.25) is 4.79 Å². The van der Waals surface area contributed by atoms with Gasteiger partial charge in [0.1, 0.15) is 5.88 Å². The van der Waals surface area contributed by atoms with Gasteiger partial charge in [0, 0.05) is 12.6 Å². The summed E-state index contributed by atoms with van der Waals surface area (Å²) in [6.07, 6.45) is 2.90. The van der Waals surface area contributed by atoms with Crippen LogP contribution in [0.2, 0.25) is 0 Å². The van der Waals surface area contributed by atoms with Crippen LogP contribution in [0.1, 0.15) is 32.6 Å². The SMILES string of the molecule is CCCC(C(=O)OC)C1CCCN1S(=O)(=O)CN. The minimum atomic E-state index is -3.45. The summed E-state index contributed by atoms with van der Waals surface area (Å²) in [5, 5.41) is 0. The second-order valence-corrected chi connectivity index (χ2v) is 6.48. The fourth-order valence-corrected chi connectivity index (χ4v) is 3.80. The van der Waals surface area contributed by atoms with E-state index < -0.39 is 15.9 Å². The normalized spacial score (nSPS) is 22.9. The molecule has 1 saturated heterocycles.